The number of rotatable bonds is 5. The number of carbonyl (C=O) groups is 1. The van der Waals surface area contributed by atoms with Crippen molar-refractivity contribution in [3.8, 4) is 0 Å². The fourth-order valence-electron chi connectivity index (χ4n) is 4.34. The first-order chi connectivity index (χ1) is 12.3. The number of imidazole rings is 1. The quantitative estimate of drug-likeness (QED) is 0.878. The summed E-state index contributed by atoms with van der Waals surface area (Å²) in [7, 11) is 0. The number of aromatic nitrogens is 2. The number of hydrogen-bond acceptors (Lipinski definition) is 3. The van der Waals surface area contributed by atoms with Crippen molar-refractivity contribution < 1.29 is 4.79 Å². The molecule has 0 unspecified atom stereocenters. The average Bonchev–Trinajstić information content (AvgIpc) is 3.30. The molecule has 2 aliphatic rings. The molecule has 25 heavy (non-hydrogen) atoms. The summed E-state index contributed by atoms with van der Waals surface area (Å²) >= 11 is 0. The molecule has 1 fully saturated rings. The van der Waals surface area contributed by atoms with Crippen LogP contribution >= 0.6 is 0 Å². The Hall–Kier alpha value is -2.14. The lowest BCUT2D eigenvalue weighted by molar-refractivity contribution is -0.134. The highest BCUT2D eigenvalue weighted by atomic mass is 16.2. The van der Waals surface area contributed by atoms with Crippen LogP contribution in [-0.4, -0.2) is 45.9 Å². The third-order valence-corrected chi connectivity index (χ3v) is 5.70. The summed E-state index contributed by atoms with van der Waals surface area (Å²) in [5.74, 6) is 0.185. The van der Waals surface area contributed by atoms with Crippen LogP contribution in [0.1, 0.15) is 36.1 Å². The second kappa shape index (κ2) is 7.00. The summed E-state index contributed by atoms with van der Waals surface area (Å²) in [6, 6.07) is 8.53. The predicted octanol–water partition coefficient (Wildman–Crippen LogP) is 2.09. The van der Waals surface area contributed by atoms with E-state index in [1.54, 1.807) is 6.33 Å². The van der Waals surface area contributed by atoms with Gasteiger partial charge in [0.15, 0.2) is 0 Å². The molecule has 132 valence electrons. The minimum Gasteiger partial charge on any atom is -0.354 e. The minimum atomic E-state index is -0.405. The van der Waals surface area contributed by atoms with Gasteiger partial charge in [-0.25, -0.2) is 4.98 Å². The molecule has 1 aliphatic heterocycles. The van der Waals surface area contributed by atoms with Crippen molar-refractivity contribution >= 4 is 5.91 Å². The van der Waals surface area contributed by atoms with Crippen molar-refractivity contribution in [3.05, 3.63) is 53.6 Å². The highest BCUT2D eigenvalue weighted by Crippen LogP contribution is 2.36. The van der Waals surface area contributed by atoms with Crippen LogP contribution in [0.2, 0.25) is 0 Å². The van der Waals surface area contributed by atoms with Crippen molar-refractivity contribution in [2.45, 2.75) is 44.1 Å². The molecule has 1 aromatic heterocycles. The fourth-order valence-corrected chi connectivity index (χ4v) is 4.34. The number of benzene rings is 1. The van der Waals surface area contributed by atoms with Crippen molar-refractivity contribution in [2.75, 3.05) is 19.6 Å². The van der Waals surface area contributed by atoms with Crippen LogP contribution in [0.3, 0.4) is 0 Å². The van der Waals surface area contributed by atoms with Crippen LogP contribution in [0.25, 0.3) is 0 Å². The number of H-pyrrole nitrogens is 1. The van der Waals surface area contributed by atoms with E-state index in [4.69, 9.17) is 0 Å². The Morgan fingerprint density at radius 1 is 1.16 bits per heavy atom. The van der Waals surface area contributed by atoms with Gasteiger partial charge in [0.25, 0.3) is 0 Å². The van der Waals surface area contributed by atoms with E-state index in [9.17, 15) is 4.79 Å². The van der Waals surface area contributed by atoms with Gasteiger partial charge in [0, 0.05) is 37.7 Å². The molecular weight excluding hydrogens is 312 g/mol. The first-order valence-electron chi connectivity index (χ1n) is 9.35. The van der Waals surface area contributed by atoms with Gasteiger partial charge in [0.2, 0.25) is 5.91 Å². The van der Waals surface area contributed by atoms with E-state index in [2.05, 4.69) is 44.5 Å². The number of piperidine rings is 1. The molecule has 0 radical (unpaired) electrons. The molecule has 1 amide bonds. The molecule has 1 saturated heterocycles. The average molecular weight is 338 g/mol. The summed E-state index contributed by atoms with van der Waals surface area (Å²) < 4.78 is 0. The minimum absolute atomic E-state index is 0.185. The molecule has 0 spiro atoms. The zero-order valence-electron chi connectivity index (χ0n) is 14.6. The van der Waals surface area contributed by atoms with Crippen LogP contribution in [0.4, 0.5) is 0 Å². The third kappa shape index (κ3) is 3.21. The summed E-state index contributed by atoms with van der Waals surface area (Å²) in [4.78, 5) is 22.9. The number of fused-ring (bicyclic) bond motifs is 1. The molecular formula is C20H26N4O. The maximum absolute atomic E-state index is 13.3. The number of hydrogen-bond donors (Lipinski definition) is 2. The molecule has 1 aliphatic carbocycles. The molecule has 5 heteroatoms. The summed E-state index contributed by atoms with van der Waals surface area (Å²) in [6.07, 6.45) is 9.62. The van der Waals surface area contributed by atoms with Gasteiger partial charge in [-0.15, -0.1) is 0 Å². The summed E-state index contributed by atoms with van der Waals surface area (Å²) in [5, 5.41) is 3.21. The van der Waals surface area contributed by atoms with Gasteiger partial charge in [-0.2, -0.15) is 0 Å². The Morgan fingerprint density at radius 3 is 2.52 bits per heavy atom. The molecule has 2 heterocycles. The van der Waals surface area contributed by atoms with Crippen LogP contribution in [0, 0.1) is 0 Å². The molecule has 2 aromatic rings. The first kappa shape index (κ1) is 16.3. The van der Waals surface area contributed by atoms with E-state index in [1.807, 2.05) is 6.20 Å². The number of likely N-dealkylation sites (tertiary alicyclic amines) is 1. The standard InChI is InChI=1S/C20H26N4O/c25-19(22-9-8-18-14-21-15-23-18)20(24-10-4-1-5-11-24)12-16-6-2-3-7-17(16)13-20/h2-3,6-7,14-15H,1,4-5,8-13H2,(H,21,23)(H,22,25). The lowest BCUT2D eigenvalue weighted by Crippen LogP contribution is -2.61. The third-order valence-electron chi connectivity index (χ3n) is 5.70. The smallest absolute Gasteiger partial charge is 0.241 e. The van der Waals surface area contributed by atoms with Gasteiger partial charge in [-0.05, 0) is 37.1 Å². The summed E-state index contributed by atoms with van der Waals surface area (Å²) in [6.45, 7) is 2.71. The van der Waals surface area contributed by atoms with Crippen molar-refractivity contribution in [1.82, 2.24) is 20.2 Å². The van der Waals surface area contributed by atoms with Gasteiger partial charge in [-0.1, -0.05) is 30.7 Å². The van der Waals surface area contributed by atoms with Gasteiger partial charge in [-0.3, -0.25) is 9.69 Å². The monoisotopic (exact) mass is 338 g/mol. The van der Waals surface area contributed by atoms with Crippen molar-refractivity contribution in [3.63, 3.8) is 0 Å². The van der Waals surface area contributed by atoms with E-state index in [-0.39, 0.29) is 5.91 Å². The second-order valence-electron chi connectivity index (χ2n) is 7.28. The number of nitrogens with one attached hydrogen (secondary N) is 2. The highest BCUT2D eigenvalue weighted by Gasteiger charge is 2.48. The SMILES string of the molecule is O=C(NCCc1cnc[nH]1)C1(N2CCCCC2)Cc2ccccc2C1. The van der Waals surface area contributed by atoms with E-state index in [0.717, 1.165) is 38.0 Å². The Balaban J connectivity index is 1.50. The Morgan fingerprint density at radius 2 is 1.88 bits per heavy atom. The number of carbonyl (C=O) groups excluding carboxylic acids is 1. The molecule has 1 aromatic carbocycles. The van der Waals surface area contributed by atoms with E-state index in [1.165, 1.54) is 30.4 Å². The zero-order chi connectivity index (χ0) is 17.1. The normalized spacial score (nSPS) is 19.5. The van der Waals surface area contributed by atoms with E-state index < -0.39 is 5.54 Å². The van der Waals surface area contributed by atoms with Gasteiger partial charge < -0.3 is 10.3 Å². The predicted molar refractivity (Wildman–Crippen MR) is 97.3 cm³/mol. The Labute approximate surface area is 148 Å². The summed E-state index contributed by atoms with van der Waals surface area (Å²) in [5.41, 5.74) is 3.31. The fraction of sp³-hybridized carbons (Fsp3) is 0.500. The molecule has 5 nitrogen and oxygen atoms in total. The van der Waals surface area contributed by atoms with E-state index >= 15 is 0 Å². The lowest BCUT2D eigenvalue weighted by Gasteiger charge is -2.42. The first-order valence-corrected chi connectivity index (χ1v) is 9.35. The van der Waals surface area contributed by atoms with Gasteiger partial charge >= 0.3 is 0 Å². The number of amides is 1. The van der Waals surface area contributed by atoms with Crippen LogP contribution in [-0.2, 0) is 24.1 Å². The van der Waals surface area contributed by atoms with Crippen molar-refractivity contribution in [1.29, 1.82) is 0 Å². The Kier molecular flexibility index (Phi) is 4.57. The highest BCUT2D eigenvalue weighted by molar-refractivity contribution is 5.88. The van der Waals surface area contributed by atoms with Crippen LogP contribution in [0.15, 0.2) is 36.8 Å². The van der Waals surface area contributed by atoms with Crippen LogP contribution in [0.5, 0.6) is 0 Å². The molecule has 0 bridgehead atoms. The molecule has 4 rings (SSSR count). The van der Waals surface area contributed by atoms with Gasteiger partial charge in [0.05, 0.1) is 6.33 Å². The van der Waals surface area contributed by atoms with Gasteiger partial charge in [0.1, 0.15) is 5.54 Å². The molecule has 0 saturated carbocycles. The number of nitrogens with zero attached hydrogens (tertiary/aromatic N) is 2. The maximum atomic E-state index is 13.3. The zero-order valence-corrected chi connectivity index (χ0v) is 14.6. The van der Waals surface area contributed by atoms with Crippen LogP contribution < -0.4 is 5.32 Å². The molecule has 2 N–H and O–H groups in total. The Bertz CT molecular complexity index is 694. The topological polar surface area (TPSA) is 61.0 Å². The second-order valence-corrected chi connectivity index (χ2v) is 7.28. The van der Waals surface area contributed by atoms with Crippen molar-refractivity contribution in [2.24, 2.45) is 0 Å². The number of aromatic amines is 1. The molecule has 0 atom stereocenters. The lowest BCUT2D eigenvalue weighted by atomic mass is 9.89. The maximum Gasteiger partial charge on any atom is 0.241 e. The largest absolute Gasteiger partial charge is 0.354 e. The van der Waals surface area contributed by atoms with E-state index in [0.29, 0.717) is 6.54 Å².